The van der Waals surface area contributed by atoms with Gasteiger partial charge in [-0.05, 0) is 6.92 Å². The number of ether oxygens (including phenoxy) is 3. The van der Waals surface area contributed by atoms with Gasteiger partial charge in [0.1, 0.15) is 18.6 Å². The lowest BCUT2D eigenvalue weighted by atomic mass is 9.93. The Morgan fingerprint density at radius 2 is 1.17 bits per heavy atom. The summed E-state index contributed by atoms with van der Waals surface area (Å²) in [6.45, 7) is 0.364. The monoisotopic (exact) mass is 348 g/mol. The van der Waals surface area contributed by atoms with Gasteiger partial charge in [0.25, 0.3) is 0 Å². The van der Waals surface area contributed by atoms with Gasteiger partial charge < -0.3 is 24.4 Å². The van der Waals surface area contributed by atoms with Crippen LogP contribution in [0.5, 0.6) is 0 Å². The van der Waals surface area contributed by atoms with E-state index in [1.54, 1.807) is 0 Å². The highest BCUT2D eigenvalue weighted by Crippen LogP contribution is 2.20. The van der Waals surface area contributed by atoms with Crippen LogP contribution in [0, 0.1) is 5.41 Å². The molecule has 0 saturated carbocycles. The van der Waals surface area contributed by atoms with Gasteiger partial charge in [-0.15, -0.1) is 0 Å². The fourth-order valence-corrected chi connectivity index (χ4v) is 1.45. The van der Waals surface area contributed by atoms with Crippen molar-refractivity contribution in [2.45, 2.75) is 32.6 Å². The number of methoxy groups -OCH3 is 1. The fraction of sp³-hybridized carbons (Fsp3) is 0.643. The average molecular weight is 348 g/mol. The molecule has 0 aliphatic rings. The molecule has 0 rings (SSSR count). The van der Waals surface area contributed by atoms with Gasteiger partial charge in [-0.1, -0.05) is 0 Å². The normalized spacial score (nSPS) is 10.6. The average Bonchev–Trinajstić information content (AvgIpc) is 2.53. The number of aliphatic carboxylic acids is 2. The van der Waals surface area contributed by atoms with Crippen LogP contribution in [0.15, 0.2) is 0 Å². The van der Waals surface area contributed by atoms with Gasteiger partial charge in [0.2, 0.25) is 0 Å². The molecule has 0 saturated heterocycles. The predicted octanol–water partition coefficient (Wildman–Crippen LogP) is -0.0183. The summed E-state index contributed by atoms with van der Waals surface area (Å²) in [6, 6.07) is 0. The molecule has 0 fully saturated rings. The van der Waals surface area contributed by atoms with E-state index in [1.807, 2.05) is 0 Å². The number of hydrogen-bond donors (Lipinski definition) is 2. The SMILES string of the molecule is COC(=O)C(C)(COC(=O)CCC(=O)O)COC(=O)CCC(=O)O. The molecule has 0 aliphatic heterocycles. The van der Waals surface area contributed by atoms with E-state index in [1.165, 1.54) is 6.92 Å². The summed E-state index contributed by atoms with van der Waals surface area (Å²) in [7, 11) is 1.10. The molecule has 0 spiro atoms. The molecule has 0 bridgehead atoms. The van der Waals surface area contributed by atoms with Crippen molar-refractivity contribution in [3.05, 3.63) is 0 Å². The summed E-state index contributed by atoms with van der Waals surface area (Å²) in [4.78, 5) is 55.3. The van der Waals surface area contributed by atoms with Crippen LogP contribution in [0.3, 0.4) is 0 Å². The second kappa shape index (κ2) is 10.2. The zero-order valence-electron chi connectivity index (χ0n) is 13.4. The molecule has 24 heavy (non-hydrogen) atoms. The Hall–Kier alpha value is -2.65. The highest BCUT2D eigenvalue weighted by atomic mass is 16.6. The lowest BCUT2D eigenvalue weighted by molar-refractivity contribution is -0.169. The zero-order valence-corrected chi connectivity index (χ0v) is 13.4. The molecule has 136 valence electrons. The zero-order chi connectivity index (χ0) is 18.8. The lowest BCUT2D eigenvalue weighted by Crippen LogP contribution is -2.40. The van der Waals surface area contributed by atoms with Crippen LogP contribution < -0.4 is 0 Å². The van der Waals surface area contributed by atoms with Crippen molar-refractivity contribution in [2.24, 2.45) is 5.41 Å². The van der Waals surface area contributed by atoms with Gasteiger partial charge in [-0.3, -0.25) is 24.0 Å². The molecule has 0 aromatic rings. The van der Waals surface area contributed by atoms with Gasteiger partial charge in [-0.2, -0.15) is 0 Å². The molecule has 2 N–H and O–H groups in total. The first kappa shape index (κ1) is 21.4. The quantitative estimate of drug-likeness (QED) is 0.384. The first-order valence-corrected chi connectivity index (χ1v) is 6.94. The third kappa shape index (κ3) is 8.71. The molecule has 0 amide bonds. The molecule has 0 radical (unpaired) electrons. The van der Waals surface area contributed by atoms with Gasteiger partial charge >= 0.3 is 29.8 Å². The van der Waals surface area contributed by atoms with Gasteiger partial charge in [0.05, 0.1) is 32.8 Å². The minimum absolute atomic E-state index is 0.370. The van der Waals surface area contributed by atoms with Crippen LogP contribution in [0.2, 0.25) is 0 Å². The summed E-state index contributed by atoms with van der Waals surface area (Å²) >= 11 is 0. The Bertz CT molecular complexity index is 462. The minimum Gasteiger partial charge on any atom is -0.481 e. The Morgan fingerprint density at radius 1 is 0.792 bits per heavy atom. The van der Waals surface area contributed by atoms with E-state index in [-0.39, 0.29) is 12.8 Å². The number of esters is 3. The number of carbonyl (C=O) groups excluding carboxylic acids is 3. The molecule has 10 heteroatoms. The van der Waals surface area contributed by atoms with E-state index >= 15 is 0 Å². The molecule has 0 aromatic heterocycles. The highest BCUT2D eigenvalue weighted by Gasteiger charge is 2.38. The second-order valence-corrected chi connectivity index (χ2v) is 5.16. The topological polar surface area (TPSA) is 154 Å². The van der Waals surface area contributed by atoms with Crippen LogP contribution >= 0.6 is 0 Å². The van der Waals surface area contributed by atoms with Crippen molar-refractivity contribution < 1.29 is 48.4 Å². The smallest absolute Gasteiger partial charge is 0.318 e. The summed E-state index contributed by atoms with van der Waals surface area (Å²) in [6.07, 6.45) is -1.58. The maximum Gasteiger partial charge on any atom is 0.318 e. The van der Waals surface area contributed by atoms with E-state index in [0.29, 0.717) is 0 Å². The number of carboxylic acid groups (broad SMARTS) is 2. The van der Waals surface area contributed by atoms with Gasteiger partial charge in [0.15, 0.2) is 0 Å². The van der Waals surface area contributed by atoms with Crippen molar-refractivity contribution in [3.8, 4) is 0 Å². The molecule has 0 aromatic carbocycles. The Balaban J connectivity index is 4.58. The largest absolute Gasteiger partial charge is 0.481 e. The van der Waals surface area contributed by atoms with E-state index in [4.69, 9.17) is 19.7 Å². The van der Waals surface area contributed by atoms with Crippen LogP contribution in [-0.4, -0.2) is 60.4 Å². The molecule has 0 aliphatic carbocycles. The summed E-state index contributed by atoms with van der Waals surface area (Å²) in [5.74, 6) is -4.81. The maximum atomic E-state index is 11.8. The van der Waals surface area contributed by atoms with Crippen molar-refractivity contribution in [1.82, 2.24) is 0 Å². The summed E-state index contributed by atoms with van der Waals surface area (Å²) in [5, 5.41) is 16.9. The van der Waals surface area contributed by atoms with Crippen molar-refractivity contribution in [3.63, 3.8) is 0 Å². The minimum atomic E-state index is -1.49. The third-order valence-electron chi connectivity index (χ3n) is 2.87. The van der Waals surface area contributed by atoms with E-state index < -0.39 is 61.3 Å². The number of hydrogen-bond acceptors (Lipinski definition) is 8. The van der Waals surface area contributed by atoms with Gasteiger partial charge in [0, 0.05) is 0 Å². The van der Waals surface area contributed by atoms with E-state index in [2.05, 4.69) is 4.74 Å². The first-order chi connectivity index (χ1) is 11.1. The number of carboxylic acids is 2. The summed E-state index contributed by atoms with van der Waals surface area (Å²) in [5.41, 5.74) is -1.49. The molecule has 0 unspecified atom stereocenters. The highest BCUT2D eigenvalue weighted by molar-refractivity contribution is 5.80. The predicted molar refractivity (Wildman–Crippen MR) is 75.8 cm³/mol. The van der Waals surface area contributed by atoms with Crippen LogP contribution in [0.1, 0.15) is 32.6 Å². The maximum absolute atomic E-state index is 11.8. The molecular weight excluding hydrogens is 328 g/mol. The number of carbonyl (C=O) groups is 5. The fourth-order valence-electron chi connectivity index (χ4n) is 1.45. The van der Waals surface area contributed by atoms with Crippen LogP contribution in [0.4, 0.5) is 0 Å². The Labute approximate surface area is 137 Å². The molecule has 0 atom stereocenters. The number of rotatable bonds is 11. The molecule has 0 heterocycles. The van der Waals surface area contributed by atoms with E-state index in [9.17, 15) is 24.0 Å². The van der Waals surface area contributed by atoms with E-state index in [0.717, 1.165) is 7.11 Å². The summed E-state index contributed by atoms with van der Waals surface area (Å²) < 4.78 is 14.2. The Morgan fingerprint density at radius 3 is 1.46 bits per heavy atom. The second-order valence-electron chi connectivity index (χ2n) is 5.16. The van der Waals surface area contributed by atoms with Crippen LogP contribution in [0.25, 0.3) is 0 Å². The van der Waals surface area contributed by atoms with Crippen molar-refractivity contribution in [2.75, 3.05) is 20.3 Å². The van der Waals surface area contributed by atoms with Crippen molar-refractivity contribution in [1.29, 1.82) is 0 Å². The van der Waals surface area contributed by atoms with Crippen LogP contribution in [-0.2, 0) is 38.2 Å². The van der Waals surface area contributed by atoms with Gasteiger partial charge in [-0.25, -0.2) is 0 Å². The molecular formula is C14H20O10. The third-order valence-corrected chi connectivity index (χ3v) is 2.87. The standard InChI is InChI=1S/C14H20O10/c1-14(13(21)22-2,7-23-11(19)5-3-9(15)16)8-24-12(20)6-4-10(17)18/h3-8H2,1-2H3,(H,15,16)(H,17,18). The van der Waals surface area contributed by atoms with Crippen molar-refractivity contribution >= 4 is 29.8 Å². The Kier molecular flexibility index (Phi) is 9.06. The lowest BCUT2D eigenvalue weighted by Gasteiger charge is -2.25. The first-order valence-electron chi connectivity index (χ1n) is 6.94. The molecule has 10 nitrogen and oxygen atoms in total.